The van der Waals surface area contributed by atoms with Gasteiger partial charge in [-0.1, -0.05) is 13.0 Å². The van der Waals surface area contributed by atoms with E-state index in [2.05, 4.69) is 4.74 Å². The maximum atomic E-state index is 12.5. The summed E-state index contributed by atoms with van der Waals surface area (Å²) in [5.74, 6) is -0.340. The highest BCUT2D eigenvalue weighted by molar-refractivity contribution is 6.01. The first-order valence-electron chi connectivity index (χ1n) is 6.33. The Labute approximate surface area is 118 Å². The van der Waals surface area contributed by atoms with Crippen molar-refractivity contribution in [3.05, 3.63) is 23.8 Å². The lowest BCUT2D eigenvalue weighted by Crippen LogP contribution is -2.37. The number of nitrogens with zero attached hydrogens (tertiary/aromatic N) is 1. The van der Waals surface area contributed by atoms with E-state index >= 15 is 0 Å². The maximum Gasteiger partial charge on any atom is 0.325 e. The molecule has 0 aliphatic heterocycles. The molecule has 0 aromatic heterocycles. The first kappa shape index (κ1) is 15.8. The van der Waals surface area contributed by atoms with Crippen LogP contribution in [0.1, 0.15) is 23.7 Å². The van der Waals surface area contributed by atoms with Crippen molar-refractivity contribution in [2.24, 2.45) is 0 Å². The zero-order valence-electron chi connectivity index (χ0n) is 12.0. The van der Waals surface area contributed by atoms with Crippen molar-refractivity contribution in [1.82, 2.24) is 4.90 Å². The largest absolute Gasteiger partial charge is 0.495 e. The van der Waals surface area contributed by atoms with Gasteiger partial charge in [-0.15, -0.1) is 0 Å². The van der Waals surface area contributed by atoms with Crippen LogP contribution in [-0.2, 0) is 9.53 Å². The van der Waals surface area contributed by atoms with E-state index in [1.807, 2.05) is 6.92 Å². The third-order valence-corrected chi connectivity index (χ3v) is 2.84. The number of carbonyl (C=O) groups excluding carboxylic acids is 2. The summed E-state index contributed by atoms with van der Waals surface area (Å²) < 4.78 is 9.69. The molecule has 0 fully saturated rings. The van der Waals surface area contributed by atoms with Crippen LogP contribution in [0, 0.1) is 0 Å². The number of benzene rings is 1. The molecular weight excluding hydrogens is 260 g/mol. The number of rotatable bonds is 6. The van der Waals surface area contributed by atoms with Crippen molar-refractivity contribution >= 4 is 17.6 Å². The van der Waals surface area contributed by atoms with Gasteiger partial charge in [-0.05, 0) is 18.6 Å². The number of para-hydroxylation sites is 1. The second-order valence-corrected chi connectivity index (χ2v) is 4.22. The lowest BCUT2D eigenvalue weighted by Gasteiger charge is -2.22. The summed E-state index contributed by atoms with van der Waals surface area (Å²) in [6, 6.07) is 4.97. The summed E-state index contributed by atoms with van der Waals surface area (Å²) in [5.41, 5.74) is 6.49. The molecule has 6 nitrogen and oxygen atoms in total. The average molecular weight is 280 g/mol. The zero-order valence-corrected chi connectivity index (χ0v) is 12.0. The van der Waals surface area contributed by atoms with Crippen molar-refractivity contribution in [2.75, 3.05) is 33.0 Å². The van der Waals surface area contributed by atoms with Crippen LogP contribution in [0.3, 0.4) is 0 Å². The van der Waals surface area contributed by atoms with Gasteiger partial charge in [0.05, 0.1) is 25.5 Å². The first-order valence-corrected chi connectivity index (χ1v) is 6.33. The minimum Gasteiger partial charge on any atom is -0.495 e. The molecule has 6 heteroatoms. The molecule has 0 spiro atoms. The van der Waals surface area contributed by atoms with Crippen molar-refractivity contribution in [3.8, 4) is 5.75 Å². The van der Waals surface area contributed by atoms with E-state index in [1.54, 1.807) is 18.2 Å². The molecule has 0 radical (unpaired) electrons. The van der Waals surface area contributed by atoms with Crippen LogP contribution in [0.4, 0.5) is 5.69 Å². The number of hydrogen-bond donors (Lipinski definition) is 1. The molecule has 20 heavy (non-hydrogen) atoms. The number of methoxy groups -OCH3 is 2. The van der Waals surface area contributed by atoms with Crippen molar-refractivity contribution < 1.29 is 19.1 Å². The molecule has 0 unspecified atom stereocenters. The Kier molecular flexibility index (Phi) is 5.83. The van der Waals surface area contributed by atoms with Crippen LogP contribution >= 0.6 is 0 Å². The van der Waals surface area contributed by atoms with E-state index in [1.165, 1.54) is 19.1 Å². The summed E-state index contributed by atoms with van der Waals surface area (Å²) >= 11 is 0. The van der Waals surface area contributed by atoms with Crippen LogP contribution in [0.15, 0.2) is 18.2 Å². The van der Waals surface area contributed by atoms with Gasteiger partial charge in [0.15, 0.2) is 0 Å². The molecule has 0 saturated heterocycles. The number of carbonyl (C=O) groups is 2. The highest BCUT2D eigenvalue weighted by Crippen LogP contribution is 2.25. The van der Waals surface area contributed by atoms with Crippen LogP contribution in [0.5, 0.6) is 5.75 Å². The fourth-order valence-electron chi connectivity index (χ4n) is 1.82. The first-order chi connectivity index (χ1) is 9.54. The predicted octanol–water partition coefficient (Wildman–Crippen LogP) is 1.30. The third-order valence-electron chi connectivity index (χ3n) is 2.84. The van der Waals surface area contributed by atoms with Crippen LogP contribution < -0.4 is 10.5 Å². The summed E-state index contributed by atoms with van der Waals surface area (Å²) in [6.45, 7) is 2.27. The topological polar surface area (TPSA) is 81.9 Å². The van der Waals surface area contributed by atoms with Gasteiger partial charge in [-0.3, -0.25) is 9.59 Å². The Bertz CT molecular complexity index is 488. The number of hydrogen-bond acceptors (Lipinski definition) is 5. The minimum atomic E-state index is -0.465. The fourth-order valence-corrected chi connectivity index (χ4v) is 1.82. The summed E-state index contributed by atoms with van der Waals surface area (Å²) in [6.07, 6.45) is 0.729. The Morgan fingerprint density at radius 3 is 2.55 bits per heavy atom. The number of esters is 1. The van der Waals surface area contributed by atoms with Gasteiger partial charge in [0.1, 0.15) is 12.3 Å². The molecule has 0 bridgehead atoms. The third kappa shape index (κ3) is 3.63. The van der Waals surface area contributed by atoms with E-state index in [4.69, 9.17) is 10.5 Å². The Morgan fingerprint density at radius 1 is 1.30 bits per heavy atom. The lowest BCUT2D eigenvalue weighted by atomic mass is 10.1. The van der Waals surface area contributed by atoms with E-state index in [0.29, 0.717) is 17.9 Å². The highest BCUT2D eigenvalue weighted by Gasteiger charge is 2.21. The molecule has 0 aliphatic carbocycles. The van der Waals surface area contributed by atoms with E-state index in [9.17, 15) is 9.59 Å². The average Bonchev–Trinajstić information content (AvgIpc) is 2.46. The second kappa shape index (κ2) is 7.37. The van der Waals surface area contributed by atoms with Crippen molar-refractivity contribution in [1.29, 1.82) is 0 Å². The van der Waals surface area contributed by atoms with Gasteiger partial charge in [-0.25, -0.2) is 0 Å². The molecule has 0 atom stereocenters. The maximum absolute atomic E-state index is 12.5. The Hall–Kier alpha value is -2.24. The normalized spacial score (nSPS) is 9.95. The SMILES string of the molecule is CCCN(CC(=O)OC)C(=O)c1cccc(OC)c1N. The minimum absolute atomic E-state index is 0.0974. The molecule has 0 saturated carbocycles. The molecule has 1 aromatic carbocycles. The van der Waals surface area contributed by atoms with Gasteiger partial charge in [-0.2, -0.15) is 0 Å². The number of nitrogens with two attached hydrogens (primary N) is 1. The summed E-state index contributed by atoms with van der Waals surface area (Å²) in [4.78, 5) is 25.2. The number of amides is 1. The molecule has 1 aromatic rings. The summed E-state index contributed by atoms with van der Waals surface area (Å²) in [7, 11) is 2.77. The number of anilines is 1. The zero-order chi connectivity index (χ0) is 15.1. The quantitative estimate of drug-likeness (QED) is 0.627. The predicted molar refractivity (Wildman–Crippen MR) is 75.6 cm³/mol. The fraction of sp³-hybridized carbons (Fsp3) is 0.429. The standard InChI is InChI=1S/C14H20N2O4/c1-4-8-16(9-12(17)20-3)14(18)10-6-5-7-11(19-2)13(10)15/h5-7H,4,8-9,15H2,1-3H3. The highest BCUT2D eigenvalue weighted by atomic mass is 16.5. The van der Waals surface area contributed by atoms with Gasteiger partial charge in [0, 0.05) is 6.54 Å². The van der Waals surface area contributed by atoms with Crippen LogP contribution in [0.25, 0.3) is 0 Å². The van der Waals surface area contributed by atoms with Crippen molar-refractivity contribution in [3.63, 3.8) is 0 Å². The molecular formula is C14H20N2O4. The van der Waals surface area contributed by atoms with Gasteiger partial charge in [0.2, 0.25) is 0 Å². The molecule has 110 valence electrons. The summed E-state index contributed by atoms with van der Waals surface area (Å²) in [5, 5.41) is 0. The van der Waals surface area contributed by atoms with E-state index < -0.39 is 5.97 Å². The monoisotopic (exact) mass is 280 g/mol. The van der Waals surface area contributed by atoms with Gasteiger partial charge in [0.25, 0.3) is 5.91 Å². The van der Waals surface area contributed by atoms with Crippen LogP contribution in [-0.4, -0.2) is 44.1 Å². The lowest BCUT2D eigenvalue weighted by molar-refractivity contribution is -0.141. The van der Waals surface area contributed by atoms with Crippen LogP contribution in [0.2, 0.25) is 0 Å². The molecule has 0 aliphatic rings. The van der Waals surface area contributed by atoms with Crippen molar-refractivity contribution in [2.45, 2.75) is 13.3 Å². The molecule has 1 rings (SSSR count). The second-order valence-electron chi connectivity index (χ2n) is 4.22. The van der Waals surface area contributed by atoms with E-state index in [0.717, 1.165) is 6.42 Å². The molecule has 2 N–H and O–H groups in total. The number of nitrogen functional groups attached to an aromatic ring is 1. The molecule has 0 heterocycles. The molecule has 1 amide bonds. The Balaban J connectivity index is 3.03. The smallest absolute Gasteiger partial charge is 0.325 e. The van der Waals surface area contributed by atoms with E-state index in [-0.39, 0.29) is 18.1 Å². The number of ether oxygens (including phenoxy) is 2. The van der Waals surface area contributed by atoms with Gasteiger partial charge < -0.3 is 20.1 Å². The Morgan fingerprint density at radius 2 is 2.00 bits per heavy atom. The van der Waals surface area contributed by atoms with Gasteiger partial charge >= 0.3 is 5.97 Å².